The number of rotatable bonds is 10. The molecule has 1 amide bonds. The zero-order chi connectivity index (χ0) is 25.3. The van der Waals surface area contributed by atoms with Gasteiger partial charge in [-0.15, -0.1) is 0 Å². The van der Waals surface area contributed by atoms with Gasteiger partial charge in [-0.05, 0) is 46.8 Å². The zero-order valence-corrected chi connectivity index (χ0v) is 20.3. The lowest BCUT2D eigenvalue weighted by Gasteiger charge is -2.12. The molecule has 0 unspecified atom stereocenters. The lowest BCUT2D eigenvalue weighted by molar-refractivity contribution is 0.0955. The van der Waals surface area contributed by atoms with Crippen LogP contribution in [0.4, 0.5) is 0 Å². The molecule has 0 aromatic heterocycles. The highest BCUT2D eigenvalue weighted by Crippen LogP contribution is 2.28. The van der Waals surface area contributed by atoms with Crippen LogP contribution in [0.25, 0.3) is 10.8 Å². The van der Waals surface area contributed by atoms with Crippen LogP contribution in [-0.4, -0.2) is 30.4 Å². The molecule has 36 heavy (non-hydrogen) atoms. The monoisotopic (exact) mass is 502 g/mol. The smallest absolute Gasteiger partial charge is 0.271 e. The van der Waals surface area contributed by atoms with Crippen molar-refractivity contribution < 1.29 is 14.6 Å². The van der Waals surface area contributed by atoms with E-state index in [1.807, 2.05) is 48.5 Å². The molecular weight excluding hydrogens is 476 g/mol. The number of carbonyl (C=O) groups excluding carboxylic acids is 1. The third-order valence-corrected chi connectivity index (χ3v) is 5.92. The summed E-state index contributed by atoms with van der Waals surface area (Å²) in [4.78, 5) is 12.3. The fourth-order valence-corrected chi connectivity index (χ4v) is 3.85. The van der Waals surface area contributed by atoms with E-state index < -0.39 is 5.91 Å². The Hall–Kier alpha value is -3.91. The van der Waals surface area contributed by atoms with Crippen molar-refractivity contribution in [2.45, 2.75) is 13.1 Å². The highest BCUT2D eigenvalue weighted by molar-refractivity contribution is 6.32. The molecule has 7 nitrogen and oxygen atoms in total. The summed E-state index contributed by atoms with van der Waals surface area (Å²) in [5.41, 5.74) is 11.6. The predicted molar refractivity (Wildman–Crippen MR) is 144 cm³/mol. The van der Waals surface area contributed by atoms with Gasteiger partial charge in [-0.3, -0.25) is 4.79 Å². The van der Waals surface area contributed by atoms with Crippen molar-refractivity contribution in [1.29, 1.82) is 0 Å². The number of ether oxygens (including phenoxy) is 1. The first-order chi connectivity index (χ1) is 17.5. The Kier molecular flexibility index (Phi) is 8.52. The molecule has 5 N–H and O–H groups in total. The molecule has 0 saturated heterocycles. The van der Waals surface area contributed by atoms with Gasteiger partial charge in [-0.25, -0.2) is 5.43 Å². The van der Waals surface area contributed by atoms with Crippen molar-refractivity contribution >= 4 is 34.5 Å². The van der Waals surface area contributed by atoms with Crippen LogP contribution in [0.15, 0.2) is 84.0 Å². The maximum atomic E-state index is 12.3. The minimum absolute atomic E-state index is 0.0844. The maximum Gasteiger partial charge on any atom is 0.271 e. The Morgan fingerprint density at radius 1 is 1.00 bits per heavy atom. The number of phenolic OH excluding ortho intramolecular Hbond substituents is 1. The summed E-state index contributed by atoms with van der Waals surface area (Å²) in [5.74, 6) is 0.263. The summed E-state index contributed by atoms with van der Waals surface area (Å²) in [6.45, 7) is 2.52. The second-order valence-electron chi connectivity index (χ2n) is 8.11. The van der Waals surface area contributed by atoms with E-state index >= 15 is 0 Å². The topological polar surface area (TPSA) is 109 Å². The molecule has 8 heteroatoms. The Balaban J connectivity index is 1.35. The number of nitrogens with two attached hydrogens (primary N) is 1. The van der Waals surface area contributed by atoms with Gasteiger partial charge < -0.3 is 20.9 Å². The average Bonchev–Trinajstić information content (AvgIpc) is 2.91. The molecule has 0 saturated carbocycles. The average molecular weight is 503 g/mol. The molecule has 0 aliphatic carbocycles. The van der Waals surface area contributed by atoms with Gasteiger partial charge in [-0.2, -0.15) is 5.10 Å². The molecule has 0 fully saturated rings. The second kappa shape index (κ2) is 12.2. The summed E-state index contributed by atoms with van der Waals surface area (Å²) in [5, 5.41) is 19.0. The number of hydrazone groups is 1. The van der Waals surface area contributed by atoms with Crippen LogP contribution in [0.2, 0.25) is 5.02 Å². The molecular formula is C28H27ClN4O3. The van der Waals surface area contributed by atoms with Crippen molar-refractivity contribution in [1.82, 2.24) is 10.7 Å². The number of nitrogens with zero attached hydrogens (tertiary/aromatic N) is 1. The van der Waals surface area contributed by atoms with E-state index in [0.29, 0.717) is 25.3 Å². The van der Waals surface area contributed by atoms with Gasteiger partial charge >= 0.3 is 0 Å². The fraction of sp³-hybridized carbons (Fsp3) is 0.143. The second-order valence-corrected chi connectivity index (χ2v) is 8.52. The number of hydrogen-bond donors (Lipinski definition) is 4. The Labute approximate surface area is 214 Å². The first-order valence-electron chi connectivity index (χ1n) is 11.5. The van der Waals surface area contributed by atoms with Crippen LogP contribution in [0.1, 0.15) is 27.0 Å². The fourth-order valence-electron chi connectivity index (χ4n) is 3.67. The van der Waals surface area contributed by atoms with Crippen molar-refractivity contribution in [2.75, 3.05) is 13.2 Å². The SMILES string of the molecule is NCc1ccc(CNCCOc2ccc(/C=N/NC(=O)c3ccc(O)c(Cl)c3)c3ccccc23)cc1. The van der Waals surface area contributed by atoms with Crippen LogP contribution in [-0.2, 0) is 13.1 Å². The minimum Gasteiger partial charge on any atom is -0.506 e. The molecule has 0 aliphatic rings. The molecule has 4 rings (SSSR count). The zero-order valence-electron chi connectivity index (χ0n) is 19.6. The molecule has 0 spiro atoms. The molecule has 0 radical (unpaired) electrons. The number of carbonyl (C=O) groups is 1. The summed E-state index contributed by atoms with van der Waals surface area (Å²) in [6, 6.07) is 24.1. The standard InChI is InChI=1S/C28H27ClN4O3/c29-25-15-21(9-11-26(25)34)28(35)33-32-18-22-10-12-27(24-4-2-1-3-23(22)24)36-14-13-31-17-20-7-5-19(16-30)6-8-20/h1-12,15,18,31,34H,13-14,16-17,30H2,(H,33,35)/b32-18+. The summed E-state index contributed by atoms with van der Waals surface area (Å²) < 4.78 is 6.04. The lowest BCUT2D eigenvalue weighted by Crippen LogP contribution is -2.20. The van der Waals surface area contributed by atoms with Gasteiger partial charge in [0.2, 0.25) is 0 Å². The highest BCUT2D eigenvalue weighted by atomic mass is 35.5. The number of amides is 1. The van der Waals surface area contributed by atoms with Gasteiger partial charge in [0, 0.05) is 36.1 Å². The van der Waals surface area contributed by atoms with E-state index in [2.05, 4.69) is 28.0 Å². The van der Waals surface area contributed by atoms with E-state index in [1.165, 1.54) is 23.8 Å². The van der Waals surface area contributed by atoms with E-state index in [0.717, 1.165) is 34.2 Å². The Morgan fingerprint density at radius 3 is 2.50 bits per heavy atom. The lowest BCUT2D eigenvalue weighted by atomic mass is 10.0. The molecule has 184 valence electrons. The molecule has 0 bridgehead atoms. The third kappa shape index (κ3) is 6.40. The number of phenols is 1. The Bertz CT molecular complexity index is 1370. The summed E-state index contributed by atoms with van der Waals surface area (Å²) in [7, 11) is 0. The van der Waals surface area contributed by atoms with Crippen LogP contribution < -0.4 is 21.2 Å². The van der Waals surface area contributed by atoms with Gasteiger partial charge in [-0.1, -0.05) is 60.1 Å². The number of benzene rings is 4. The number of hydrogen-bond acceptors (Lipinski definition) is 6. The summed E-state index contributed by atoms with van der Waals surface area (Å²) in [6.07, 6.45) is 1.59. The highest BCUT2D eigenvalue weighted by Gasteiger charge is 2.08. The van der Waals surface area contributed by atoms with E-state index in [1.54, 1.807) is 6.21 Å². The van der Waals surface area contributed by atoms with E-state index in [9.17, 15) is 9.90 Å². The molecule has 0 aliphatic heterocycles. The maximum absolute atomic E-state index is 12.3. The van der Waals surface area contributed by atoms with E-state index in [4.69, 9.17) is 22.1 Å². The number of fused-ring (bicyclic) bond motifs is 1. The van der Waals surface area contributed by atoms with Gasteiger partial charge in [0.25, 0.3) is 5.91 Å². The largest absolute Gasteiger partial charge is 0.506 e. The molecule has 4 aromatic rings. The first-order valence-corrected chi connectivity index (χ1v) is 11.9. The normalized spacial score (nSPS) is 11.2. The van der Waals surface area contributed by atoms with Crippen molar-refractivity contribution in [3.63, 3.8) is 0 Å². The molecule has 0 heterocycles. The summed E-state index contributed by atoms with van der Waals surface area (Å²) >= 11 is 5.87. The quantitative estimate of drug-likeness (QED) is 0.144. The van der Waals surface area contributed by atoms with E-state index in [-0.39, 0.29) is 10.8 Å². The predicted octanol–water partition coefficient (Wildman–Crippen LogP) is 4.59. The first kappa shape index (κ1) is 25.2. The van der Waals surface area contributed by atoms with Crippen LogP contribution >= 0.6 is 11.6 Å². The van der Waals surface area contributed by atoms with Crippen LogP contribution in [0, 0.1) is 0 Å². The third-order valence-electron chi connectivity index (χ3n) is 5.62. The van der Waals surface area contributed by atoms with Gasteiger partial charge in [0.15, 0.2) is 0 Å². The van der Waals surface area contributed by atoms with Crippen molar-refractivity contribution in [3.8, 4) is 11.5 Å². The van der Waals surface area contributed by atoms with Crippen LogP contribution in [0.5, 0.6) is 11.5 Å². The van der Waals surface area contributed by atoms with Crippen LogP contribution in [0.3, 0.4) is 0 Å². The molecule has 0 atom stereocenters. The van der Waals surface area contributed by atoms with Gasteiger partial charge in [0.05, 0.1) is 11.2 Å². The Morgan fingerprint density at radius 2 is 1.75 bits per heavy atom. The number of aromatic hydroxyl groups is 1. The van der Waals surface area contributed by atoms with Crippen molar-refractivity contribution in [2.24, 2.45) is 10.8 Å². The number of nitrogens with one attached hydrogen (secondary N) is 2. The number of halogens is 1. The molecule has 4 aromatic carbocycles. The van der Waals surface area contributed by atoms with Gasteiger partial charge in [0.1, 0.15) is 18.1 Å². The minimum atomic E-state index is -0.430. The van der Waals surface area contributed by atoms with Crippen molar-refractivity contribution in [3.05, 3.63) is 106 Å².